The first-order valence-corrected chi connectivity index (χ1v) is 16.7. The van der Waals surface area contributed by atoms with E-state index in [0.717, 1.165) is 41.9 Å². The van der Waals surface area contributed by atoms with Gasteiger partial charge in [0.25, 0.3) is 0 Å². The number of halogens is 1. The molecule has 0 saturated heterocycles. The van der Waals surface area contributed by atoms with Gasteiger partial charge in [-0.1, -0.05) is 0 Å². The summed E-state index contributed by atoms with van der Waals surface area (Å²) in [4.78, 5) is 23.2. The van der Waals surface area contributed by atoms with Gasteiger partial charge in [-0.2, -0.15) is 0 Å². The lowest BCUT2D eigenvalue weighted by Crippen LogP contribution is -2.48. The average molecular weight is 599 g/mol. The molecule has 0 aromatic rings. The van der Waals surface area contributed by atoms with E-state index in [-0.39, 0.29) is 24.4 Å². The Kier molecular flexibility index (Phi) is 12.8. The van der Waals surface area contributed by atoms with Crippen LogP contribution in [0.3, 0.4) is 0 Å². The molecule has 8 fully saturated rings. The van der Waals surface area contributed by atoms with E-state index in [1.54, 1.807) is 0 Å². The van der Waals surface area contributed by atoms with Gasteiger partial charge in [0.15, 0.2) is 0 Å². The van der Waals surface area contributed by atoms with Gasteiger partial charge >= 0.3 is 0 Å². The van der Waals surface area contributed by atoms with Gasteiger partial charge in [0.2, 0.25) is 11.1 Å². The van der Waals surface area contributed by atoms with Gasteiger partial charge < -0.3 is 30.7 Å². The van der Waals surface area contributed by atoms with Crippen molar-refractivity contribution in [2.75, 3.05) is 52.7 Å². The number of carbonyl (C=O) groups excluding carboxylic acids is 2. The fourth-order valence-electron chi connectivity index (χ4n) is 10.4. The van der Waals surface area contributed by atoms with Crippen LogP contribution >= 0.6 is 11.6 Å². The zero-order valence-corrected chi connectivity index (χ0v) is 25.8. The Bertz CT molecular complexity index is 764. The molecule has 0 unspecified atom stereocenters. The summed E-state index contributed by atoms with van der Waals surface area (Å²) in [5.41, 5.74) is 5.73. The monoisotopic (exact) mass is 598 g/mol. The number of aliphatic hydroxyl groups is 2. The minimum absolute atomic E-state index is 0.0429. The van der Waals surface area contributed by atoms with Gasteiger partial charge in [-0.25, -0.2) is 0 Å². The number of nitrogens with one attached hydrogen (secondary N) is 1. The molecule has 1 amide bonds. The Morgan fingerprint density at radius 3 is 1.44 bits per heavy atom. The van der Waals surface area contributed by atoms with Gasteiger partial charge in [0.1, 0.15) is 0 Å². The minimum Gasteiger partial charge on any atom is -0.394 e. The van der Waals surface area contributed by atoms with E-state index < -0.39 is 0 Å². The highest BCUT2D eigenvalue weighted by Crippen LogP contribution is 2.62. The van der Waals surface area contributed by atoms with E-state index in [1.165, 1.54) is 77.0 Å². The average Bonchev–Trinajstić information content (AvgIpc) is 2.87. The number of aliphatic hydroxyl groups excluding tert-OH is 2. The van der Waals surface area contributed by atoms with E-state index in [1.807, 2.05) is 0 Å². The maximum absolute atomic E-state index is 12.1. The predicted octanol–water partition coefficient (Wildman–Crippen LogP) is 4.03. The van der Waals surface area contributed by atoms with Crippen molar-refractivity contribution >= 4 is 22.8 Å². The fraction of sp³-hybridized carbons (Fsp3) is 0.938. The van der Waals surface area contributed by atoms with Crippen LogP contribution in [-0.2, 0) is 19.1 Å². The summed E-state index contributed by atoms with van der Waals surface area (Å²) in [6.07, 6.45) is 17.7. The normalized spacial score (nSPS) is 37.2. The van der Waals surface area contributed by atoms with Crippen molar-refractivity contribution in [1.82, 2.24) is 5.32 Å². The third-order valence-corrected chi connectivity index (χ3v) is 10.8. The molecule has 8 rings (SSSR count). The molecule has 8 aliphatic rings. The number of nitrogens with two attached hydrogens (primary N) is 1. The first-order chi connectivity index (χ1) is 19.8. The number of hydrogen-bond donors (Lipinski definition) is 4. The summed E-state index contributed by atoms with van der Waals surface area (Å²) in [7, 11) is 0. The number of carbonyl (C=O) groups is 2. The highest BCUT2D eigenvalue weighted by atomic mass is 35.5. The predicted molar refractivity (Wildman–Crippen MR) is 159 cm³/mol. The van der Waals surface area contributed by atoms with E-state index in [0.29, 0.717) is 56.8 Å². The molecule has 9 heteroatoms. The lowest BCUT2D eigenvalue weighted by Gasteiger charge is -2.56. The largest absolute Gasteiger partial charge is 0.394 e. The zero-order chi connectivity index (χ0) is 29.3. The van der Waals surface area contributed by atoms with Crippen molar-refractivity contribution in [1.29, 1.82) is 0 Å². The van der Waals surface area contributed by atoms with Gasteiger partial charge in [0.05, 0.1) is 39.6 Å². The molecule has 8 saturated carbocycles. The van der Waals surface area contributed by atoms with Gasteiger partial charge in [0, 0.05) is 25.9 Å². The summed E-state index contributed by atoms with van der Waals surface area (Å²) in [6.45, 7) is 3.00. The zero-order valence-electron chi connectivity index (χ0n) is 25.0. The first-order valence-electron chi connectivity index (χ1n) is 16.3. The Morgan fingerprint density at radius 2 is 1.07 bits per heavy atom. The van der Waals surface area contributed by atoms with Crippen molar-refractivity contribution in [2.24, 2.45) is 52.1 Å². The molecule has 8 nitrogen and oxygen atoms in total. The van der Waals surface area contributed by atoms with Gasteiger partial charge in [-0.3, -0.25) is 9.59 Å². The second kappa shape index (κ2) is 15.8. The molecule has 41 heavy (non-hydrogen) atoms. The lowest BCUT2D eigenvalue weighted by atomic mass is 9.49. The molecule has 0 aliphatic heterocycles. The smallest absolute Gasteiger partial charge is 0.222 e. The standard InChI is InChI=1S/C16H27NO3.C12H17ClO.C4H11NO2/c18-2-4-20-3-1-17-15(19)11-16-8-12-5-13(9-16)7-14(6-12)10-16;13-11(14)7-12-4-8-1-9(5-12)3-10(2-8)6-12;5-1-3-7-4-2-6/h12-14,18H,1-11H2,(H,17,19);8-10H,1-7H2;6H,1-5H2. The maximum atomic E-state index is 12.1. The SMILES string of the molecule is NCCOCCO.O=C(CC12CC3CC(CC(C3)C1)C2)NCCOCCO.O=C(Cl)CC12CC3CC(CC(C3)C1)C2. The van der Waals surface area contributed by atoms with Gasteiger partial charge in [-0.15, -0.1) is 0 Å². The van der Waals surface area contributed by atoms with Crippen LogP contribution in [0.4, 0.5) is 0 Å². The van der Waals surface area contributed by atoms with E-state index >= 15 is 0 Å². The highest BCUT2D eigenvalue weighted by molar-refractivity contribution is 6.63. The maximum Gasteiger partial charge on any atom is 0.222 e. The second-order valence-electron chi connectivity index (χ2n) is 14.4. The number of hydrogen-bond acceptors (Lipinski definition) is 7. The Morgan fingerprint density at radius 1 is 0.683 bits per heavy atom. The first kappa shape index (κ1) is 33.1. The fourth-order valence-corrected chi connectivity index (χ4v) is 10.7. The Labute approximate surface area is 251 Å². The van der Waals surface area contributed by atoms with Crippen molar-refractivity contribution in [3.05, 3.63) is 0 Å². The van der Waals surface area contributed by atoms with Crippen LogP contribution in [0.1, 0.15) is 89.9 Å². The molecular formula is C32H55ClN2O6. The van der Waals surface area contributed by atoms with E-state index in [2.05, 4.69) is 5.32 Å². The summed E-state index contributed by atoms with van der Waals surface area (Å²) in [5.74, 6) is 5.69. The molecule has 0 heterocycles. The van der Waals surface area contributed by atoms with Crippen molar-refractivity contribution < 1.29 is 29.3 Å². The molecule has 0 spiro atoms. The number of rotatable bonds is 13. The quantitative estimate of drug-likeness (QED) is 0.186. The molecular weight excluding hydrogens is 544 g/mol. The highest BCUT2D eigenvalue weighted by Gasteiger charge is 2.52. The number of ether oxygens (including phenoxy) is 2. The summed E-state index contributed by atoms with van der Waals surface area (Å²) in [5, 5.41) is 19.6. The molecule has 0 radical (unpaired) electrons. The summed E-state index contributed by atoms with van der Waals surface area (Å²) < 4.78 is 9.92. The van der Waals surface area contributed by atoms with Gasteiger partial charge in [-0.05, 0) is 135 Å². The molecule has 8 aliphatic carbocycles. The number of amides is 1. The molecule has 0 atom stereocenters. The van der Waals surface area contributed by atoms with Crippen LogP contribution in [0.2, 0.25) is 0 Å². The molecule has 8 bridgehead atoms. The van der Waals surface area contributed by atoms with Crippen molar-refractivity contribution in [3.8, 4) is 0 Å². The van der Waals surface area contributed by atoms with Crippen LogP contribution in [0.25, 0.3) is 0 Å². The second-order valence-corrected chi connectivity index (χ2v) is 14.8. The molecule has 0 aromatic carbocycles. The minimum atomic E-state index is -0.105. The van der Waals surface area contributed by atoms with Crippen molar-refractivity contribution in [3.63, 3.8) is 0 Å². The summed E-state index contributed by atoms with van der Waals surface area (Å²) in [6, 6.07) is 0. The van der Waals surface area contributed by atoms with Crippen LogP contribution < -0.4 is 11.1 Å². The third kappa shape index (κ3) is 9.87. The van der Waals surface area contributed by atoms with E-state index in [9.17, 15) is 9.59 Å². The Balaban J connectivity index is 0.000000160. The molecule has 5 N–H and O–H groups in total. The summed E-state index contributed by atoms with van der Waals surface area (Å²) >= 11 is 5.57. The lowest BCUT2D eigenvalue weighted by molar-refractivity contribution is -0.129. The van der Waals surface area contributed by atoms with Crippen LogP contribution in [0, 0.1) is 46.3 Å². The van der Waals surface area contributed by atoms with Crippen LogP contribution in [0.5, 0.6) is 0 Å². The topological polar surface area (TPSA) is 131 Å². The Hall–Kier alpha value is -0.770. The van der Waals surface area contributed by atoms with Crippen LogP contribution in [-0.4, -0.2) is 74.1 Å². The van der Waals surface area contributed by atoms with Crippen LogP contribution in [0.15, 0.2) is 0 Å². The van der Waals surface area contributed by atoms with Crippen molar-refractivity contribution in [2.45, 2.75) is 89.9 Å². The van der Waals surface area contributed by atoms with E-state index in [4.69, 9.17) is 37.0 Å². The third-order valence-electron chi connectivity index (χ3n) is 10.7. The molecule has 0 aromatic heterocycles. The molecule has 236 valence electrons.